The predicted molar refractivity (Wildman–Crippen MR) is 68.7 cm³/mol. The molecule has 1 aromatic carbocycles. The van der Waals surface area contributed by atoms with Crippen LogP contribution in [0.25, 0.3) is 0 Å². The van der Waals surface area contributed by atoms with Gasteiger partial charge < -0.3 is 4.74 Å². The number of allylic oxidation sites excluding steroid dienone is 1. The fourth-order valence-electron chi connectivity index (χ4n) is 1.10. The summed E-state index contributed by atoms with van der Waals surface area (Å²) in [5.74, 6) is 0. The monoisotopic (exact) mass is 302 g/mol. The third-order valence-corrected chi connectivity index (χ3v) is 2.30. The molecule has 0 saturated carbocycles. The van der Waals surface area contributed by atoms with Crippen LogP contribution < -0.4 is 0 Å². The van der Waals surface area contributed by atoms with Crippen molar-refractivity contribution < 1.29 is 4.74 Å². The highest BCUT2D eigenvalue weighted by molar-refractivity contribution is 14.1. The SMILES string of the molecule is IC/C=C/CCOCc1ccccc1. The minimum Gasteiger partial charge on any atom is -0.376 e. The summed E-state index contributed by atoms with van der Waals surface area (Å²) < 4.78 is 6.59. The molecule has 0 N–H and O–H groups in total. The molecular formula is C12H15IO. The lowest BCUT2D eigenvalue weighted by Crippen LogP contribution is -1.93. The van der Waals surface area contributed by atoms with Gasteiger partial charge in [0.25, 0.3) is 0 Å². The van der Waals surface area contributed by atoms with Gasteiger partial charge in [0, 0.05) is 4.43 Å². The average molecular weight is 302 g/mol. The zero-order valence-corrected chi connectivity index (χ0v) is 10.3. The molecule has 1 nitrogen and oxygen atoms in total. The highest BCUT2D eigenvalue weighted by Gasteiger charge is 1.89. The van der Waals surface area contributed by atoms with E-state index in [-0.39, 0.29) is 0 Å². The van der Waals surface area contributed by atoms with E-state index in [2.05, 4.69) is 46.9 Å². The summed E-state index contributed by atoms with van der Waals surface area (Å²) in [6.07, 6.45) is 5.33. The Morgan fingerprint density at radius 2 is 1.93 bits per heavy atom. The van der Waals surface area contributed by atoms with E-state index in [1.54, 1.807) is 0 Å². The lowest BCUT2D eigenvalue weighted by molar-refractivity contribution is 0.125. The molecule has 0 aliphatic heterocycles. The van der Waals surface area contributed by atoms with E-state index in [0.29, 0.717) is 0 Å². The third-order valence-electron chi connectivity index (χ3n) is 1.80. The number of hydrogen-bond donors (Lipinski definition) is 0. The second-order valence-electron chi connectivity index (χ2n) is 2.95. The van der Waals surface area contributed by atoms with Gasteiger partial charge in [0.15, 0.2) is 0 Å². The van der Waals surface area contributed by atoms with Crippen molar-refractivity contribution in [2.45, 2.75) is 13.0 Å². The van der Waals surface area contributed by atoms with Crippen LogP contribution in [0.4, 0.5) is 0 Å². The molecular weight excluding hydrogens is 287 g/mol. The van der Waals surface area contributed by atoms with E-state index in [1.165, 1.54) is 5.56 Å². The van der Waals surface area contributed by atoms with Gasteiger partial charge in [-0.2, -0.15) is 0 Å². The van der Waals surface area contributed by atoms with Crippen molar-refractivity contribution in [3.8, 4) is 0 Å². The highest BCUT2D eigenvalue weighted by atomic mass is 127. The van der Waals surface area contributed by atoms with Crippen LogP contribution in [0.5, 0.6) is 0 Å². The summed E-state index contributed by atoms with van der Waals surface area (Å²) in [5.41, 5.74) is 1.24. The van der Waals surface area contributed by atoms with Crippen molar-refractivity contribution in [2.75, 3.05) is 11.0 Å². The van der Waals surface area contributed by atoms with E-state index in [1.807, 2.05) is 18.2 Å². The molecule has 1 rings (SSSR count). The number of rotatable bonds is 6. The molecule has 0 bridgehead atoms. The van der Waals surface area contributed by atoms with Crippen LogP contribution in [-0.2, 0) is 11.3 Å². The molecule has 0 unspecified atom stereocenters. The summed E-state index contributed by atoms with van der Waals surface area (Å²) in [7, 11) is 0. The van der Waals surface area contributed by atoms with Crippen molar-refractivity contribution in [1.29, 1.82) is 0 Å². The molecule has 0 aliphatic carbocycles. The minimum atomic E-state index is 0.721. The van der Waals surface area contributed by atoms with Gasteiger partial charge in [-0.05, 0) is 12.0 Å². The van der Waals surface area contributed by atoms with E-state index in [9.17, 15) is 0 Å². The van der Waals surface area contributed by atoms with Crippen molar-refractivity contribution in [1.82, 2.24) is 0 Å². The molecule has 0 aromatic heterocycles. The molecule has 0 saturated heterocycles. The molecule has 0 spiro atoms. The smallest absolute Gasteiger partial charge is 0.0717 e. The van der Waals surface area contributed by atoms with Gasteiger partial charge in [0.1, 0.15) is 0 Å². The van der Waals surface area contributed by atoms with Gasteiger partial charge in [0.05, 0.1) is 13.2 Å². The van der Waals surface area contributed by atoms with Crippen molar-refractivity contribution in [3.63, 3.8) is 0 Å². The number of alkyl halides is 1. The lowest BCUT2D eigenvalue weighted by atomic mass is 10.2. The molecule has 76 valence electrons. The summed E-state index contributed by atoms with van der Waals surface area (Å²) in [5, 5.41) is 0. The summed E-state index contributed by atoms with van der Waals surface area (Å²) in [4.78, 5) is 0. The molecule has 1 aromatic rings. The Hall–Kier alpha value is -0.350. The third kappa shape index (κ3) is 5.40. The maximum absolute atomic E-state index is 5.51. The topological polar surface area (TPSA) is 9.23 Å². The van der Waals surface area contributed by atoms with Crippen LogP contribution in [-0.4, -0.2) is 11.0 Å². The number of halogens is 1. The molecule has 0 aliphatic rings. The molecule has 0 atom stereocenters. The number of ether oxygens (including phenoxy) is 1. The Labute approximate surface area is 99.3 Å². The summed E-state index contributed by atoms with van der Waals surface area (Å²) in [6.45, 7) is 1.53. The van der Waals surface area contributed by atoms with Crippen LogP contribution in [0.15, 0.2) is 42.5 Å². The fraction of sp³-hybridized carbons (Fsp3) is 0.333. The summed E-state index contributed by atoms with van der Waals surface area (Å²) >= 11 is 2.33. The van der Waals surface area contributed by atoms with Crippen LogP contribution >= 0.6 is 22.6 Å². The van der Waals surface area contributed by atoms with Crippen molar-refractivity contribution >= 4 is 22.6 Å². The van der Waals surface area contributed by atoms with E-state index in [0.717, 1.165) is 24.1 Å². The molecule has 0 heterocycles. The van der Waals surface area contributed by atoms with Crippen molar-refractivity contribution in [3.05, 3.63) is 48.0 Å². The van der Waals surface area contributed by atoms with Crippen LogP contribution in [0.2, 0.25) is 0 Å². The first-order chi connectivity index (χ1) is 6.93. The zero-order chi connectivity index (χ0) is 10.1. The zero-order valence-electron chi connectivity index (χ0n) is 8.16. The molecule has 0 fully saturated rings. The highest BCUT2D eigenvalue weighted by Crippen LogP contribution is 2.00. The lowest BCUT2D eigenvalue weighted by Gasteiger charge is -2.01. The summed E-state index contributed by atoms with van der Waals surface area (Å²) in [6, 6.07) is 10.3. The van der Waals surface area contributed by atoms with E-state index in [4.69, 9.17) is 4.74 Å². The normalized spacial score (nSPS) is 10.9. The Kier molecular flexibility index (Phi) is 6.70. The second-order valence-corrected chi connectivity index (χ2v) is 3.83. The maximum Gasteiger partial charge on any atom is 0.0717 e. The van der Waals surface area contributed by atoms with Crippen LogP contribution in [0, 0.1) is 0 Å². The predicted octanol–water partition coefficient (Wildman–Crippen LogP) is 3.58. The van der Waals surface area contributed by atoms with Gasteiger partial charge >= 0.3 is 0 Å². The molecule has 0 amide bonds. The van der Waals surface area contributed by atoms with Gasteiger partial charge in [-0.15, -0.1) is 0 Å². The maximum atomic E-state index is 5.51. The average Bonchev–Trinajstić information content (AvgIpc) is 2.25. The Morgan fingerprint density at radius 3 is 2.64 bits per heavy atom. The molecule has 0 radical (unpaired) electrons. The Balaban J connectivity index is 2.07. The number of hydrogen-bond acceptors (Lipinski definition) is 1. The fourth-order valence-corrected chi connectivity index (χ4v) is 1.46. The first-order valence-electron chi connectivity index (χ1n) is 4.76. The van der Waals surface area contributed by atoms with E-state index >= 15 is 0 Å². The quantitative estimate of drug-likeness (QED) is 0.338. The van der Waals surface area contributed by atoms with Gasteiger partial charge in [-0.25, -0.2) is 0 Å². The largest absolute Gasteiger partial charge is 0.376 e. The van der Waals surface area contributed by atoms with Gasteiger partial charge in [0.2, 0.25) is 0 Å². The minimum absolute atomic E-state index is 0.721. The molecule has 14 heavy (non-hydrogen) atoms. The first-order valence-corrected chi connectivity index (χ1v) is 6.28. The standard InChI is InChI=1S/C12H15IO/c13-9-5-2-6-10-14-11-12-7-3-1-4-8-12/h1-5,7-8H,6,9-11H2/b5-2+. The van der Waals surface area contributed by atoms with Crippen LogP contribution in [0.3, 0.4) is 0 Å². The Morgan fingerprint density at radius 1 is 1.14 bits per heavy atom. The van der Waals surface area contributed by atoms with Gasteiger partial charge in [-0.1, -0.05) is 65.1 Å². The van der Waals surface area contributed by atoms with E-state index < -0.39 is 0 Å². The van der Waals surface area contributed by atoms with Crippen molar-refractivity contribution in [2.24, 2.45) is 0 Å². The van der Waals surface area contributed by atoms with Crippen LogP contribution in [0.1, 0.15) is 12.0 Å². The van der Waals surface area contributed by atoms with Gasteiger partial charge in [-0.3, -0.25) is 0 Å². The Bertz CT molecular complexity index is 256. The first kappa shape index (κ1) is 11.7. The molecule has 2 heteroatoms. The second kappa shape index (κ2) is 8.00. The number of benzene rings is 1.